The number of carbonyl (C=O) groups excluding carboxylic acids is 2. The number of nitrogens with zero attached hydrogens (tertiary/aromatic N) is 4. The summed E-state index contributed by atoms with van der Waals surface area (Å²) in [5, 5.41) is 5.61. The summed E-state index contributed by atoms with van der Waals surface area (Å²) in [4.78, 5) is 31.3. The van der Waals surface area contributed by atoms with Crippen LogP contribution in [0.15, 0.2) is 36.8 Å². The Kier molecular flexibility index (Phi) is 4.37. The molecule has 24 heavy (non-hydrogen) atoms. The van der Waals surface area contributed by atoms with Gasteiger partial charge in [0, 0.05) is 44.8 Å². The first-order valence-electron chi connectivity index (χ1n) is 7.67. The van der Waals surface area contributed by atoms with Crippen LogP contribution in [0.5, 0.6) is 0 Å². The van der Waals surface area contributed by atoms with Crippen molar-refractivity contribution in [1.82, 2.24) is 19.8 Å². The second kappa shape index (κ2) is 6.61. The van der Waals surface area contributed by atoms with Gasteiger partial charge < -0.3 is 20.1 Å². The molecular formula is C16H20N6O2. The highest BCUT2D eigenvalue weighted by atomic mass is 16.2. The van der Waals surface area contributed by atoms with Gasteiger partial charge in [0.1, 0.15) is 0 Å². The number of hydrogen-bond acceptors (Lipinski definition) is 3. The van der Waals surface area contributed by atoms with Crippen LogP contribution in [0.4, 0.5) is 21.0 Å². The first-order valence-corrected chi connectivity index (χ1v) is 7.67. The molecule has 0 aliphatic carbocycles. The standard InChI is InChI=1S/C16H20N6O2/c1-20(10-14-9-17-11-21(14)2)16(24)19-12-4-3-5-13(8-12)22-7-6-18-15(22)23/h3-5,8-9,11H,6-7,10H2,1-2H3,(H,18,23)(H,19,24). The first kappa shape index (κ1) is 15.9. The number of aryl methyl sites for hydroxylation is 1. The molecule has 0 bridgehead atoms. The molecule has 1 aliphatic rings. The van der Waals surface area contributed by atoms with Gasteiger partial charge in [0.25, 0.3) is 0 Å². The molecule has 126 valence electrons. The highest BCUT2D eigenvalue weighted by Gasteiger charge is 2.21. The Morgan fingerprint density at radius 1 is 1.46 bits per heavy atom. The number of carbonyl (C=O) groups is 2. The van der Waals surface area contributed by atoms with Crippen molar-refractivity contribution < 1.29 is 9.59 Å². The maximum absolute atomic E-state index is 12.3. The third-order valence-electron chi connectivity index (χ3n) is 3.93. The molecule has 4 amide bonds. The van der Waals surface area contributed by atoms with Crippen LogP contribution in [0.1, 0.15) is 5.69 Å². The average molecular weight is 328 g/mol. The molecule has 1 aliphatic heterocycles. The van der Waals surface area contributed by atoms with Gasteiger partial charge in [0.2, 0.25) is 0 Å². The quantitative estimate of drug-likeness (QED) is 0.894. The number of nitrogens with one attached hydrogen (secondary N) is 2. The molecule has 1 saturated heterocycles. The van der Waals surface area contributed by atoms with E-state index in [9.17, 15) is 9.59 Å². The van der Waals surface area contributed by atoms with Gasteiger partial charge in [-0.15, -0.1) is 0 Å². The van der Waals surface area contributed by atoms with E-state index in [0.29, 0.717) is 25.3 Å². The third-order valence-corrected chi connectivity index (χ3v) is 3.93. The normalized spacial score (nSPS) is 13.8. The zero-order chi connectivity index (χ0) is 17.1. The predicted octanol–water partition coefficient (Wildman–Crippen LogP) is 1.61. The van der Waals surface area contributed by atoms with Crippen molar-refractivity contribution in [2.45, 2.75) is 6.54 Å². The molecule has 0 radical (unpaired) electrons. The molecular weight excluding hydrogens is 308 g/mol. The molecule has 0 saturated carbocycles. The Balaban J connectivity index is 1.66. The lowest BCUT2D eigenvalue weighted by Crippen LogP contribution is -2.31. The minimum atomic E-state index is -0.223. The van der Waals surface area contributed by atoms with Gasteiger partial charge in [-0.3, -0.25) is 4.90 Å². The van der Waals surface area contributed by atoms with Gasteiger partial charge in [-0.05, 0) is 18.2 Å². The van der Waals surface area contributed by atoms with Crippen molar-refractivity contribution in [2.75, 3.05) is 30.4 Å². The van der Waals surface area contributed by atoms with E-state index in [0.717, 1.165) is 11.4 Å². The zero-order valence-corrected chi connectivity index (χ0v) is 13.7. The summed E-state index contributed by atoms with van der Waals surface area (Å²) in [7, 11) is 3.61. The van der Waals surface area contributed by atoms with Crippen LogP contribution >= 0.6 is 0 Å². The van der Waals surface area contributed by atoms with E-state index in [1.165, 1.54) is 0 Å². The summed E-state index contributed by atoms with van der Waals surface area (Å²) in [6, 6.07) is 6.91. The summed E-state index contributed by atoms with van der Waals surface area (Å²) in [6.45, 7) is 1.70. The van der Waals surface area contributed by atoms with Crippen molar-refractivity contribution >= 4 is 23.4 Å². The predicted molar refractivity (Wildman–Crippen MR) is 90.9 cm³/mol. The zero-order valence-electron chi connectivity index (χ0n) is 13.7. The lowest BCUT2D eigenvalue weighted by atomic mass is 10.2. The van der Waals surface area contributed by atoms with E-state index in [-0.39, 0.29) is 12.1 Å². The van der Waals surface area contributed by atoms with Crippen molar-refractivity contribution in [2.24, 2.45) is 7.05 Å². The molecule has 1 aromatic heterocycles. The van der Waals surface area contributed by atoms with Gasteiger partial charge in [-0.1, -0.05) is 6.07 Å². The molecule has 0 atom stereocenters. The van der Waals surface area contributed by atoms with Gasteiger partial charge in [-0.2, -0.15) is 0 Å². The summed E-state index contributed by atoms with van der Waals surface area (Å²) in [6.07, 6.45) is 3.43. The number of imidazole rings is 1. The third kappa shape index (κ3) is 3.32. The van der Waals surface area contributed by atoms with Crippen LogP contribution in [-0.4, -0.2) is 46.7 Å². The van der Waals surface area contributed by atoms with E-state index >= 15 is 0 Å². The minimum Gasteiger partial charge on any atom is -0.336 e. The summed E-state index contributed by atoms with van der Waals surface area (Å²) in [5.74, 6) is 0. The van der Waals surface area contributed by atoms with Crippen molar-refractivity contribution in [1.29, 1.82) is 0 Å². The number of urea groups is 2. The summed E-state index contributed by atoms with van der Waals surface area (Å²) in [5.41, 5.74) is 2.35. The molecule has 2 aromatic rings. The molecule has 2 heterocycles. The lowest BCUT2D eigenvalue weighted by Gasteiger charge is -2.19. The van der Waals surface area contributed by atoms with E-state index in [1.807, 2.05) is 23.7 Å². The summed E-state index contributed by atoms with van der Waals surface area (Å²) < 4.78 is 1.87. The molecule has 8 nitrogen and oxygen atoms in total. The number of benzene rings is 1. The van der Waals surface area contributed by atoms with Crippen LogP contribution in [0, 0.1) is 0 Å². The van der Waals surface area contributed by atoms with Crippen LogP contribution in [0.3, 0.4) is 0 Å². The number of hydrogen-bond donors (Lipinski definition) is 2. The topological polar surface area (TPSA) is 82.5 Å². The van der Waals surface area contributed by atoms with Crippen LogP contribution in [0.2, 0.25) is 0 Å². The van der Waals surface area contributed by atoms with Gasteiger partial charge in [-0.25, -0.2) is 14.6 Å². The average Bonchev–Trinajstić information content (AvgIpc) is 3.16. The molecule has 1 aromatic carbocycles. The summed E-state index contributed by atoms with van der Waals surface area (Å²) >= 11 is 0. The van der Waals surface area contributed by atoms with Crippen molar-refractivity contribution in [3.8, 4) is 0 Å². The minimum absolute atomic E-state index is 0.119. The Morgan fingerprint density at radius 2 is 2.29 bits per heavy atom. The Morgan fingerprint density at radius 3 is 2.96 bits per heavy atom. The largest absolute Gasteiger partial charge is 0.336 e. The Labute approximate surface area is 140 Å². The second-order valence-corrected chi connectivity index (χ2v) is 5.72. The highest BCUT2D eigenvalue weighted by molar-refractivity contribution is 5.95. The monoisotopic (exact) mass is 328 g/mol. The maximum atomic E-state index is 12.3. The molecule has 8 heteroatoms. The highest BCUT2D eigenvalue weighted by Crippen LogP contribution is 2.21. The Hall–Kier alpha value is -3.03. The maximum Gasteiger partial charge on any atom is 0.321 e. The first-order chi connectivity index (χ1) is 11.5. The number of rotatable bonds is 4. The molecule has 1 fully saturated rings. The van der Waals surface area contributed by atoms with Crippen molar-refractivity contribution in [3.05, 3.63) is 42.5 Å². The molecule has 3 rings (SSSR count). The van der Waals surface area contributed by atoms with Gasteiger partial charge >= 0.3 is 12.1 Å². The number of aromatic nitrogens is 2. The van der Waals surface area contributed by atoms with Gasteiger partial charge in [0.05, 0.1) is 18.6 Å². The number of amides is 4. The van der Waals surface area contributed by atoms with Crippen LogP contribution in [0.25, 0.3) is 0 Å². The van der Waals surface area contributed by atoms with Crippen LogP contribution in [-0.2, 0) is 13.6 Å². The fourth-order valence-electron chi connectivity index (χ4n) is 2.54. The smallest absolute Gasteiger partial charge is 0.321 e. The second-order valence-electron chi connectivity index (χ2n) is 5.72. The fourth-order valence-corrected chi connectivity index (χ4v) is 2.54. The SMILES string of the molecule is CN(Cc1cncn1C)C(=O)Nc1cccc(N2CCNC2=O)c1. The Bertz CT molecular complexity index is 757. The van der Waals surface area contributed by atoms with E-state index in [2.05, 4.69) is 15.6 Å². The molecule has 0 spiro atoms. The molecule has 2 N–H and O–H groups in total. The van der Waals surface area contributed by atoms with E-state index < -0.39 is 0 Å². The van der Waals surface area contributed by atoms with Crippen molar-refractivity contribution in [3.63, 3.8) is 0 Å². The van der Waals surface area contributed by atoms with E-state index in [1.54, 1.807) is 41.5 Å². The fraction of sp³-hybridized carbons (Fsp3) is 0.312. The van der Waals surface area contributed by atoms with Crippen LogP contribution < -0.4 is 15.5 Å². The number of anilines is 2. The molecule has 0 unspecified atom stereocenters. The van der Waals surface area contributed by atoms with Gasteiger partial charge in [0.15, 0.2) is 0 Å². The van der Waals surface area contributed by atoms with E-state index in [4.69, 9.17) is 0 Å². The lowest BCUT2D eigenvalue weighted by molar-refractivity contribution is 0.220.